The SMILES string of the molecule is COc1ccccc1Cn1ccnc(Cl)c1=O. The van der Waals surface area contributed by atoms with E-state index in [0.717, 1.165) is 11.3 Å². The van der Waals surface area contributed by atoms with E-state index < -0.39 is 0 Å². The summed E-state index contributed by atoms with van der Waals surface area (Å²) in [5, 5.41) is -0.0256. The Morgan fingerprint density at radius 3 is 2.94 bits per heavy atom. The Morgan fingerprint density at radius 2 is 2.18 bits per heavy atom. The molecule has 0 saturated heterocycles. The average molecular weight is 251 g/mol. The second-order valence-electron chi connectivity index (χ2n) is 3.46. The highest BCUT2D eigenvalue weighted by Crippen LogP contribution is 2.17. The lowest BCUT2D eigenvalue weighted by atomic mass is 10.2. The van der Waals surface area contributed by atoms with Crippen LogP contribution in [0.1, 0.15) is 5.56 Å². The van der Waals surface area contributed by atoms with Gasteiger partial charge in [0.2, 0.25) is 0 Å². The zero-order chi connectivity index (χ0) is 12.3. The number of hydrogen-bond acceptors (Lipinski definition) is 3. The molecule has 0 atom stereocenters. The fourth-order valence-electron chi connectivity index (χ4n) is 1.56. The molecule has 0 aliphatic rings. The summed E-state index contributed by atoms with van der Waals surface area (Å²) in [6, 6.07) is 7.53. The van der Waals surface area contributed by atoms with Gasteiger partial charge in [0.1, 0.15) is 5.75 Å². The van der Waals surface area contributed by atoms with Crippen molar-refractivity contribution < 1.29 is 4.74 Å². The molecule has 4 nitrogen and oxygen atoms in total. The van der Waals surface area contributed by atoms with Gasteiger partial charge in [0.05, 0.1) is 13.7 Å². The van der Waals surface area contributed by atoms with E-state index in [0.29, 0.717) is 6.54 Å². The van der Waals surface area contributed by atoms with Crippen LogP contribution in [0, 0.1) is 0 Å². The first-order chi connectivity index (χ1) is 8.22. The van der Waals surface area contributed by atoms with Crippen LogP contribution in [0.2, 0.25) is 5.15 Å². The van der Waals surface area contributed by atoms with E-state index in [2.05, 4.69) is 4.98 Å². The van der Waals surface area contributed by atoms with Gasteiger partial charge in [-0.1, -0.05) is 29.8 Å². The van der Waals surface area contributed by atoms with E-state index >= 15 is 0 Å². The minimum Gasteiger partial charge on any atom is -0.496 e. The summed E-state index contributed by atoms with van der Waals surface area (Å²) in [5.74, 6) is 0.743. The van der Waals surface area contributed by atoms with Crippen LogP contribution in [0.15, 0.2) is 41.5 Å². The average Bonchev–Trinajstić information content (AvgIpc) is 2.35. The van der Waals surface area contributed by atoms with Crippen LogP contribution < -0.4 is 10.3 Å². The third-order valence-corrected chi connectivity index (χ3v) is 2.66. The van der Waals surface area contributed by atoms with Gasteiger partial charge in [0.25, 0.3) is 5.56 Å². The second kappa shape index (κ2) is 5.01. The van der Waals surface area contributed by atoms with Crippen LogP contribution in [0.5, 0.6) is 5.75 Å². The summed E-state index contributed by atoms with van der Waals surface area (Å²) in [6.07, 6.45) is 3.10. The third-order valence-electron chi connectivity index (χ3n) is 2.41. The molecule has 0 fully saturated rings. The number of methoxy groups -OCH3 is 1. The molecule has 0 unspecified atom stereocenters. The number of para-hydroxylation sites is 1. The van der Waals surface area contributed by atoms with E-state index in [4.69, 9.17) is 16.3 Å². The molecule has 0 radical (unpaired) electrons. The molecule has 5 heteroatoms. The number of aromatic nitrogens is 2. The number of hydrogen-bond donors (Lipinski definition) is 0. The van der Waals surface area contributed by atoms with Gasteiger partial charge in [-0.3, -0.25) is 4.79 Å². The summed E-state index contributed by atoms with van der Waals surface area (Å²) in [5.41, 5.74) is 0.611. The lowest BCUT2D eigenvalue weighted by Gasteiger charge is -2.09. The van der Waals surface area contributed by atoms with Crippen molar-refractivity contribution in [3.63, 3.8) is 0 Å². The van der Waals surface area contributed by atoms with Crippen molar-refractivity contribution in [2.75, 3.05) is 7.11 Å². The Bertz CT molecular complexity index is 581. The maximum Gasteiger partial charge on any atom is 0.288 e. The van der Waals surface area contributed by atoms with Gasteiger partial charge in [-0.2, -0.15) is 0 Å². The lowest BCUT2D eigenvalue weighted by molar-refractivity contribution is 0.408. The van der Waals surface area contributed by atoms with Crippen molar-refractivity contribution in [3.8, 4) is 5.75 Å². The predicted octanol–water partition coefficient (Wildman–Crippen LogP) is 1.95. The highest BCUT2D eigenvalue weighted by molar-refractivity contribution is 6.29. The van der Waals surface area contributed by atoms with Crippen LogP contribution in [0.25, 0.3) is 0 Å². The van der Waals surface area contributed by atoms with Gasteiger partial charge >= 0.3 is 0 Å². The molecule has 0 aliphatic heterocycles. The van der Waals surface area contributed by atoms with Gasteiger partial charge in [0, 0.05) is 18.0 Å². The molecule has 0 bridgehead atoms. The van der Waals surface area contributed by atoms with Crippen LogP contribution in [-0.2, 0) is 6.54 Å². The molecule has 88 valence electrons. The summed E-state index contributed by atoms with van der Waals surface area (Å²) in [6.45, 7) is 0.408. The van der Waals surface area contributed by atoms with Crippen LogP contribution in [0.4, 0.5) is 0 Å². The van der Waals surface area contributed by atoms with Gasteiger partial charge < -0.3 is 9.30 Å². The maximum absolute atomic E-state index is 11.7. The summed E-state index contributed by atoms with van der Waals surface area (Å²) in [7, 11) is 1.60. The molecule has 0 spiro atoms. The third kappa shape index (κ3) is 2.47. The largest absolute Gasteiger partial charge is 0.496 e. The summed E-state index contributed by atoms with van der Waals surface area (Å²) in [4.78, 5) is 15.4. The van der Waals surface area contributed by atoms with E-state index in [1.54, 1.807) is 13.3 Å². The lowest BCUT2D eigenvalue weighted by Crippen LogP contribution is -2.21. The van der Waals surface area contributed by atoms with Crippen molar-refractivity contribution in [3.05, 3.63) is 57.7 Å². The Balaban J connectivity index is 2.38. The predicted molar refractivity (Wildman–Crippen MR) is 65.6 cm³/mol. The fourth-order valence-corrected chi connectivity index (χ4v) is 1.73. The minimum atomic E-state index is -0.305. The molecule has 1 heterocycles. The topological polar surface area (TPSA) is 44.1 Å². The highest BCUT2D eigenvalue weighted by Gasteiger charge is 2.06. The number of rotatable bonds is 3. The Hall–Kier alpha value is -1.81. The standard InChI is InChI=1S/C12H11ClN2O2/c1-17-10-5-3-2-4-9(10)8-15-7-6-14-11(13)12(15)16/h2-7H,8H2,1H3. The molecule has 0 aliphatic carbocycles. The molecule has 1 aromatic heterocycles. The van der Waals surface area contributed by atoms with Crippen molar-refractivity contribution in [2.45, 2.75) is 6.54 Å². The molecular weight excluding hydrogens is 240 g/mol. The van der Waals surface area contributed by atoms with Crippen molar-refractivity contribution >= 4 is 11.6 Å². The Kier molecular flexibility index (Phi) is 3.44. The van der Waals surface area contributed by atoms with E-state index in [1.165, 1.54) is 10.8 Å². The van der Waals surface area contributed by atoms with Crippen LogP contribution >= 0.6 is 11.6 Å². The number of benzene rings is 1. The fraction of sp³-hybridized carbons (Fsp3) is 0.167. The number of ether oxygens (including phenoxy) is 1. The van der Waals surface area contributed by atoms with Crippen LogP contribution in [-0.4, -0.2) is 16.7 Å². The minimum absolute atomic E-state index is 0.0256. The monoisotopic (exact) mass is 250 g/mol. The van der Waals surface area contributed by atoms with Crippen LogP contribution in [0.3, 0.4) is 0 Å². The number of nitrogens with zero attached hydrogens (tertiary/aromatic N) is 2. The Morgan fingerprint density at radius 1 is 1.41 bits per heavy atom. The second-order valence-corrected chi connectivity index (χ2v) is 3.82. The van der Waals surface area contributed by atoms with Gasteiger partial charge in [-0.25, -0.2) is 4.98 Å². The quantitative estimate of drug-likeness (QED) is 0.836. The van der Waals surface area contributed by atoms with Gasteiger partial charge in [-0.05, 0) is 6.07 Å². The summed E-state index contributed by atoms with van der Waals surface area (Å²) < 4.78 is 6.72. The molecule has 2 aromatic rings. The molecule has 0 saturated carbocycles. The zero-order valence-electron chi connectivity index (χ0n) is 9.26. The smallest absolute Gasteiger partial charge is 0.288 e. The van der Waals surface area contributed by atoms with Crippen molar-refractivity contribution in [1.82, 2.24) is 9.55 Å². The van der Waals surface area contributed by atoms with Gasteiger partial charge in [0.15, 0.2) is 5.15 Å². The van der Waals surface area contributed by atoms with E-state index in [1.807, 2.05) is 24.3 Å². The molecule has 1 aromatic carbocycles. The van der Waals surface area contributed by atoms with Gasteiger partial charge in [-0.15, -0.1) is 0 Å². The molecule has 0 amide bonds. The Labute approximate surface area is 103 Å². The van der Waals surface area contributed by atoms with Crippen molar-refractivity contribution in [2.24, 2.45) is 0 Å². The van der Waals surface area contributed by atoms with E-state index in [9.17, 15) is 4.79 Å². The molecule has 17 heavy (non-hydrogen) atoms. The van der Waals surface area contributed by atoms with E-state index in [-0.39, 0.29) is 10.7 Å². The highest BCUT2D eigenvalue weighted by atomic mass is 35.5. The van der Waals surface area contributed by atoms with Crippen molar-refractivity contribution in [1.29, 1.82) is 0 Å². The zero-order valence-corrected chi connectivity index (χ0v) is 10.0. The summed E-state index contributed by atoms with van der Waals surface area (Å²) >= 11 is 5.68. The first-order valence-electron chi connectivity index (χ1n) is 5.05. The normalized spacial score (nSPS) is 10.2. The maximum atomic E-state index is 11.7. The molecular formula is C12H11ClN2O2. The molecule has 2 rings (SSSR count). The first kappa shape index (κ1) is 11.7. The number of halogens is 1. The molecule has 0 N–H and O–H groups in total. The first-order valence-corrected chi connectivity index (χ1v) is 5.43.